The van der Waals surface area contributed by atoms with Crippen molar-refractivity contribution >= 4 is 0 Å². The molecule has 1 heterocycles. The van der Waals surface area contributed by atoms with Crippen LogP contribution in [0.15, 0.2) is 24.3 Å². The van der Waals surface area contributed by atoms with Crippen LogP contribution in [0.5, 0.6) is 5.75 Å². The Labute approximate surface area is 142 Å². The predicted octanol–water partition coefficient (Wildman–Crippen LogP) is 5.23. The molecule has 128 valence electrons. The summed E-state index contributed by atoms with van der Waals surface area (Å²) in [5.74, 6) is 2.78. The second-order valence-corrected chi connectivity index (χ2v) is 7.52. The number of hydrogen-bond donors (Lipinski definition) is 0. The third-order valence-corrected chi connectivity index (χ3v) is 6.14. The van der Waals surface area contributed by atoms with Gasteiger partial charge in [0.2, 0.25) is 0 Å². The Kier molecular flexibility index (Phi) is 5.99. The van der Waals surface area contributed by atoms with Gasteiger partial charge in [-0.3, -0.25) is 0 Å². The zero-order valence-corrected chi connectivity index (χ0v) is 15.0. The lowest BCUT2D eigenvalue weighted by Crippen LogP contribution is -2.43. The molecular formula is C21H33NO. The summed E-state index contributed by atoms with van der Waals surface area (Å²) < 4.78 is 5.57. The van der Waals surface area contributed by atoms with Crippen LogP contribution in [0, 0.1) is 5.92 Å². The first kappa shape index (κ1) is 16.8. The number of ether oxygens (including phenoxy) is 1. The number of likely N-dealkylation sites (tertiary alicyclic amines) is 1. The molecule has 0 atom stereocenters. The fourth-order valence-electron chi connectivity index (χ4n) is 4.77. The van der Waals surface area contributed by atoms with Crippen LogP contribution in [0.2, 0.25) is 0 Å². The van der Waals surface area contributed by atoms with Gasteiger partial charge in [0.05, 0.1) is 7.11 Å². The van der Waals surface area contributed by atoms with Crippen LogP contribution in [0.1, 0.15) is 69.8 Å². The summed E-state index contributed by atoms with van der Waals surface area (Å²) >= 11 is 0. The molecule has 2 fully saturated rings. The summed E-state index contributed by atoms with van der Waals surface area (Å²) in [4.78, 5) is 2.80. The molecule has 0 N–H and O–H groups in total. The molecular weight excluding hydrogens is 282 g/mol. The van der Waals surface area contributed by atoms with Gasteiger partial charge in [-0.05, 0) is 75.1 Å². The smallest absolute Gasteiger partial charge is 0.122 e. The Bertz CT molecular complexity index is 470. The Morgan fingerprint density at radius 2 is 1.70 bits per heavy atom. The maximum atomic E-state index is 5.57. The second kappa shape index (κ2) is 8.19. The van der Waals surface area contributed by atoms with E-state index >= 15 is 0 Å². The number of rotatable bonds is 5. The minimum atomic E-state index is 0.694. The van der Waals surface area contributed by atoms with E-state index in [1.165, 1.54) is 70.0 Å². The zero-order valence-electron chi connectivity index (χ0n) is 15.0. The van der Waals surface area contributed by atoms with Gasteiger partial charge in [-0.15, -0.1) is 0 Å². The molecule has 0 spiro atoms. The zero-order chi connectivity index (χ0) is 16.1. The summed E-state index contributed by atoms with van der Waals surface area (Å²) in [6.45, 7) is 5.01. The standard InChI is InChI=1S/C21H33NO/c1-3-6-17-13-15-22(16-14-17)19-11-9-18(10-12-19)20-7-4-5-8-21(20)23-2/h4-5,7-8,17-19H,3,6,9-16H2,1-2H3/t18-,19-. The van der Waals surface area contributed by atoms with Gasteiger partial charge in [0.1, 0.15) is 5.75 Å². The number of methoxy groups -OCH3 is 1. The van der Waals surface area contributed by atoms with Crippen LogP contribution < -0.4 is 4.74 Å². The van der Waals surface area contributed by atoms with Crippen LogP contribution in [0.3, 0.4) is 0 Å². The van der Waals surface area contributed by atoms with Crippen molar-refractivity contribution in [3.63, 3.8) is 0 Å². The molecule has 2 nitrogen and oxygen atoms in total. The molecule has 0 amide bonds. The highest BCUT2D eigenvalue weighted by Crippen LogP contribution is 2.39. The van der Waals surface area contributed by atoms with Gasteiger partial charge >= 0.3 is 0 Å². The second-order valence-electron chi connectivity index (χ2n) is 7.52. The highest BCUT2D eigenvalue weighted by molar-refractivity contribution is 5.36. The van der Waals surface area contributed by atoms with E-state index in [1.807, 2.05) is 0 Å². The maximum Gasteiger partial charge on any atom is 0.122 e. The lowest BCUT2D eigenvalue weighted by Gasteiger charge is -2.41. The molecule has 0 bridgehead atoms. The van der Waals surface area contributed by atoms with E-state index in [-0.39, 0.29) is 0 Å². The average molecular weight is 316 g/mol. The van der Waals surface area contributed by atoms with Crippen molar-refractivity contribution in [2.75, 3.05) is 20.2 Å². The topological polar surface area (TPSA) is 12.5 Å². The molecule has 1 aromatic rings. The van der Waals surface area contributed by atoms with Crippen molar-refractivity contribution in [1.29, 1.82) is 0 Å². The summed E-state index contributed by atoms with van der Waals surface area (Å²) in [5.41, 5.74) is 1.43. The van der Waals surface area contributed by atoms with Crippen LogP contribution >= 0.6 is 0 Å². The van der Waals surface area contributed by atoms with Crippen LogP contribution in [-0.2, 0) is 0 Å². The van der Waals surface area contributed by atoms with Crippen molar-refractivity contribution in [2.24, 2.45) is 5.92 Å². The SMILES string of the molecule is CCCC1CCN([C@H]2CC[C@H](c3ccccc3OC)CC2)CC1. The average Bonchev–Trinajstić information content (AvgIpc) is 2.63. The Morgan fingerprint density at radius 3 is 2.35 bits per heavy atom. The van der Waals surface area contributed by atoms with E-state index in [0.29, 0.717) is 5.92 Å². The monoisotopic (exact) mass is 315 g/mol. The molecule has 1 aromatic carbocycles. The first-order chi connectivity index (χ1) is 11.3. The number of nitrogens with zero attached hydrogens (tertiary/aromatic N) is 1. The molecule has 1 aliphatic carbocycles. The number of benzene rings is 1. The predicted molar refractivity (Wildman–Crippen MR) is 97.2 cm³/mol. The number of para-hydroxylation sites is 1. The Morgan fingerprint density at radius 1 is 1.00 bits per heavy atom. The van der Waals surface area contributed by atoms with Gasteiger partial charge in [0.15, 0.2) is 0 Å². The van der Waals surface area contributed by atoms with Gasteiger partial charge in [-0.25, -0.2) is 0 Å². The maximum absolute atomic E-state index is 5.57. The summed E-state index contributed by atoms with van der Waals surface area (Å²) in [6, 6.07) is 9.44. The first-order valence-corrected chi connectivity index (χ1v) is 9.68. The molecule has 0 aromatic heterocycles. The Hall–Kier alpha value is -1.02. The fourth-order valence-corrected chi connectivity index (χ4v) is 4.77. The van der Waals surface area contributed by atoms with E-state index in [1.54, 1.807) is 7.11 Å². The van der Waals surface area contributed by atoms with E-state index in [2.05, 4.69) is 36.1 Å². The van der Waals surface area contributed by atoms with Gasteiger partial charge in [0.25, 0.3) is 0 Å². The molecule has 1 aliphatic heterocycles. The third-order valence-electron chi connectivity index (χ3n) is 6.14. The van der Waals surface area contributed by atoms with Crippen molar-refractivity contribution in [3.8, 4) is 5.75 Å². The summed E-state index contributed by atoms with van der Waals surface area (Å²) in [5, 5.41) is 0. The Balaban J connectivity index is 1.51. The van der Waals surface area contributed by atoms with Crippen molar-refractivity contribution in [1.82, 2.24) is 4.90 Å². The van der Waals surface area contributed by atoms with E-state index < -0.39 is 0 Å². The van der Waals surface area contributed by atoms with E-state index in [0.717, 1.165) is 17.7 Å². The molecule has 2 aliphatic rings. The summed E-state index contributed by atoms with van der Waals surface area (Å²) in [7, 11) is 1.80. The first-order valence-electron chi connectivity index (χ1n) is 9.68. The molecule has 1 saturated carbocycles. The molecule has 0 unspecified atom stereocenters. The minimum absolute atomic E-state index is 0.694. The third kappa shape index (κ3) is 4.09. The van der Waals surface area contributed by atoms with Gasteiger partial charge in [-0.1, -0.05) is 38.0 Å². The fraction of sp³-hybridized carbons (Fsp3) is 0.714. The van der Waals surface area contributed by atoms with Crippen LogP contribution in [0.25, 0.3) is 0 Å². The lowest BCUT2D eigenvalue weighted by molar-refractivity contribution is 0.0997. The van der Waals surface area contributed by atoms with E-state index in [9.17, 15) is 0 Å². The highest BCUT2D eigenvalue weighted by Gasteiger charge is 2.30. The highest BCUT2D eigenvalue weighted by atomic mass is 16.5. The van der Waals surface area contributed by atoms with Crippen molar-refractivity contribution in [3.05, 3.63) is 29.8 Å². The van der Waals surface area contributed by atoms with Gasteiger partial charge < -0.3 is 9.64 Å². The van der Waals surface area contributed by atoms with Crippen molar-refractivity contribution < 1.29 is 4.74 Å². The van der Waals surface area contributed by atoms with Gasteiger partial charge in [-0.2, -0.15) is 0 Å². The molecule has 0 radical (unpaired) electrons. The molecule has 23 heavy (non-hydrogen) atoms. The summed E-state index contributed by atoms with van der Waals surface area (Å²) in [6.07, 6.45) is 11.0. The van der Waals surface area contributed by atoms with Crippen LogP contribution in [0.4, 0.5) is 0 Å². The molecule has 3 rings (SSSR count). The largest absolute Gasteiger partial charge is 0.496 e. The van der Waals surface area contributed by atoms with Crippen molar-refractivity contribution in [2.45, 2.75) is 70.3 Å². The number of hydrogen-bond acceptors (Lipinski definition) is 2. The normalized spacial score (nSPS) is 27.0. The number of piperidine rings is 1. The van der Waals surface area contributed by atoms with E-state index in [4.69, 9.17) is 4.74 Å². The minimum Gasteiger partial charge on any atom is -0.496 e. The lowest BCUT2D eigenvalue weighted by atomic mass is 9.80. The van der Waals surface area contributed by atoms with Crippen LogP contribution in [-0.4, -0.2) is 31.1 Å². The van der Waals surface area contributed by atoms with Gasteiger partial charge in [0, 0.05) is 6.04 Å². The molecule has 1 saturated heterocycles. The quantitative estimate of drug-likeness (QED) is 0.737. The molecule has 2 heteroatoms.